The first-order valence-corrected chi connectivity index (χ1v) is 8.83. The molecule has 0 atom stereocenters. The van der Waals surface area contributed by atoms with E-state index in [-0.39, 0.29) is 6.61 Å². The molecule has 0 aliphatic rings. The van der Waals surface area contributed by atoms with Crippen molar-refractivity contribution in [1.29, 1.82) is 5.26 Å². The molecule has 3 aromatic rings. The molecule has 27 heavy (non-hydrogen) atoms. The Balaban J connectivity index is 1.70. The van der Waals surface area contributed by atoms with Crippen molar-refractivity contribution in [2.45, 2.75) is 33.3 Å². The second-order valence-corrected chi connectivity index (χ2v) is 6.28. The van der Waals surface area contributed by atoms with Gasteiger partial charge in [-0.05, 0) is 30.5 Å². The van der Waals surface area contributed by atoms with Crippen molar-refractivity contribution in [3.05, 3.63) is 59.5 Å². The average molecular weight is 363 g/mol. The van der Waals surface area contributed by atoms with Gasteiger partial charge in [0.15, 0.2) is 18.1 Å². The normalized spacial score (nSPS) is 10.6. The van der Waals surface area contributed by atoms with E-state index in [2.05, 4.69) is 42.2 Å². The van der Waals surface area contributed by atoms with E-state index < -0.39 is 0 Å². The minimum atomic E-state index is 0.114. The number of hydrogen-bond donors (Lipinski definition) is 0. The van der Waals surface area contributed by atoms with Crippen molar-refractivity contribution in [3.63, 3.8) is 0 Å². The van der Waals surface area contributed by atoms with Gasteiger partial charge in [-0.25, -0.2) is 0 Å². The summed E-state index contributed by atoms with van der Waals surface area (Å²) in [6.45, 7) is 6.76. The molecule has 6 nitrogen and oxygen atoms in total. The Morgan fingerprint density at radius 3 is 2.52 bits per heavy atom. The Morgan fingerprint density at radius 1 is 1.07 bits per heavy atom. The molecule has 0 radical (unpaired) electrons. The smallest absolute Gasteiger partial charge is 0.264 e. The van der Waals surface area contributed by atoms with Gasteiger partial charge in [-0.15, -0.1) is 0 Å². The highest BCUT2D eigenvalue weighted by atomic mass is 16.5. The summed E-state index contributed by atoms with van der Waals surface area (Å²) in [5.74, 6) is 2.40. The summed E-state index contributed by atoms with van der Waals surface area (Å²) in [6.07, 6.45) is 0. The van der Waals surface area contributed by atoms with Gasteiger partial charge >= 0.3 is 0 Å². The number of ether oxygens (including phenoxy) is 2. The molecule has 1 aromatic heterocycles. The Morgan fingerprint density at radius 2 is 1.85 bits per heavy atom. The van der Waals surface area contributed by atoms with Crippen LogP contribution in [0.4, 0.5) is 0 Å². The Bertz CT molecular complexity index is 940. The van der Waals surface area contributed by atoms with Gasteiger partial charge in [0.05, 0.1) is 18.2 Å². The van der Waals surface area contributed by atoms with Crippen molar-refractivity contribution < 1.29 is 14.0 Å². The number of rotatable bonds is 7. The summed E-state index contributed by atoms with van der Waals surface area (Å²) in [5, 5.41) is 13.0. The molecule has 3 rings (SSSR count). The lowest BCUT2D eigenvalue weighted by atomic mass is 10.0. The molecule has 1 heterocycles. The third-order valence-electron chi connectivity index (χ3n) is 4.03. The molecule has 0 aliphatic carbocycles. The topological polar surface area (TPSA) is 81.2 Å². The Kier molecular flexibility index (Phi) is 5.72. The number of aromatic nitrogens is 2. The molecule has 0 N–H and O–H groups in total. The van der Waals surface area contributed by atoms with Crippen LogP contribution in [0.1, 0.15) is 43.7 Å². The van der Waals surface area contributed by atoms with Gasteiger partial charge in [-0.1, -0.05) is 43.3 Å². The van der Waals surface area contributed by atoms with E-state index in [0.717, 1.165) is 5.56 Å². The van der Waals surface area contributed by atoms with Crippen LogP contribution in [0.2, 0.25) is 0 Å². The van der Waals surface area contributed by atoms with Crippen LogP contribution in [-0.4, -0.2) is 16.7 Å². The van der Waals surface area contributed by atoms with Gasteiger partial charge < -0.3 is 14.0 Å². The fraction of sp³-hybridized carbons (Fsp3) is 0.286. The van der Waals surface area contributed by atoms with Crippen LogP contribution in [0.5, 0.6) is 11.5 Å². The van der Waals surface area contributed by atoms with Crippen LogP contribution in [0.3, 0.4) is 0 Å². The molecule has 0 fully saturated rings. The van der Waals surface area contributed by atoms with E-state index in [1.54, 1.807) is 18.2 Å². The first kappa shape index (κ1) is 18.5. The molecule has 0 spiro atoms. The van der Waals surface area contributed by atoms with Crippen molar-refractivity contribution in [2.75, 3.05) is 6.61 Å². The zero-order valence-electron chi connectivity index (χ0n) is 15.6. The average Bonchev–Trinajstić information content (AvgIpc) is 3.16. The van der Waals surface area contributed by atoms with Crippen molar-refractivity contribution >= 4 is 0 Å². The Hall–Kier alpha value is -3.33. The molecule has 0 amide bonds. The number of nitriles is 1. The maximum absolute atomic E-state index is 9.01. The lowest BCUT2D eigenvalue weighted by Gasteiger charge is -2.10. The molecule has 2 aromatic carbocycles. The van der Waals surface area contributed by atoms with Gasteiger partial charge in [0, 0.05) is 11.6 Å². The fourth-order valence-electron chi connectivity index (χ4n) is 2.55. The van der Waals surface area contributed by atoms with Gasteiger partial charge in [0.2, 0.25) is 5.82 Å². The summed E-state index contributed by atoms with van der Waals surface area (Å²) >= 11 is 0. The maximum Gasteiger partial charge on any atom is 0.264 e. The number of nitrogens with zero attached hydrogens (tertiary/aromatic N) is 3. The van der Waals surface area contributed by atoms with Crippen molar-refractivity contribution in [3.8, 4) is 29.0 Å². The fourth-order valence-corrected chi connectivity index (χ4v) is 2.55. The molecule has 0 aliphatic heterocycles. The zero-order valence-corrected chi connectivity index (χ0v) is 15.6. The van der Waals surface area contributed by atoms with Crippen LogP contribution >= 0.6 is 0 Å². The quantitative estimate of drug-likeness (QED) is 0.605. The van der Waals surface area contributed by atoms with Crippen molar-refractivity contribution in [2.24, 2.45) is 0 Å². The molecule has 138 valence electrons. The predicted octanol–water partition coefficient (Wildman–Crippen LogP) is 4.71. The van der Waals surface area contributed by atoms with Gasteiger partial charge in [0.1, 0.15) is 0 Å². The molecular weight excluding hydrogens is 342 g/mol. The largest absolute Gasteiger partial charge is 0.490 e. The first-order chi connectivity index (χ1) is 13.1. The summed E-state index contributed by atoms with van der Waals surface area (Å²) in [6, 6.07) is 15.2. The summed E-state index contributed by atoms with van der Waals surface area (Å²) in [7, 11) is 0. The lowest BCUT2D eigenvalue weighted by molar-refractivity contribution is 0.228. The van der Waals surface area contributed by atoms with Gasteiger partial charge in [0.25, 0.3) is 5.89 Å². The predicted molar refractivity (Wildman–Crippen MR) is 100 cm³/mol. The molecule has 0 saturated heterocycles. The minimum Gasteiger partial charge on any atom is -0.490 e. The monoisotopic (exact) mass is 363 g/mol. The summed E-state index contributed by atoms with van der Waals surface area (Å²) in [4.78, 5) is 4.38. The highest BCUT2D eigenvalue weighted by molar-refractivity contribution is 5.54. The Labute approximate surface area is 158 Å². The van der Waals surface area contributed by atoms with Crippen LogP contribution in [0, 0.1) is 11.3 Å². The van der Waals surface area contributed by atoms with Gasteiger partial charge in [-0.3, -0.25) is 0 Å². The second-order valence-electron chi connectivity index (χ2n) is 6.28. The summed E-state index contributed by atoms with van der Waals surface area (Å²) in [5.41, 5.74) is 2.66. The molecular formula is C21H21N3O3. The lowest BCUT2D eigenvalue weighted by Crippen LogP contribution is -2.00. The molecule has 0 unspecified atom stereocenters. The van der Waals surface area contributed by atoms with Crippen LogP contribution in [0.15, 0.2) is 47.0 Å². The van der Waals surface area contributed by atoms with Gasteiger partial charge in [-0.2, -0.15) is 10.2 Å². The van der Waals surface area contributed by atoms with Crippen LogP contribution in [0.25, 0.3) is 11.4 Å². The highest BCUT2D eigenvalue weighted by Gasteiger charge is 2.12. The van der Waals surface area contributed by atoms with Crippen LogP contribution in [-0.2, 0) is 6.61 Å². The van der Waals surface area contributed by atoms with E-state index >= 15 is 0 Å². The standard InChI is InChI=1S/C21H21N3O3/c1-4-25-19-11-15(12-22)5-10-18(19)26-13-20-23-21(24-27-20)17-8-6-16(7-9-17)14(2)3/h5-11,14H,4,13H2,1-3H3. The van der Waals surface area contributed by atoms with E-state index in [0.29, 0.717) is 41.3 Å². The molecule has 0 saturated carbocycles. The minimum absolute atomic E-state index is 0.114. The van der Waals surface area contributed by atoms with E-state index in [1.807, 2.05) is 19.1 Å². The molecule has 6 heteroatoms. The number of hydrogen-bond acceptors (Lipinski definition) is 6. The first-order valence-electron chi connectivity index (χ1n) is 8.83. The van der Waals surface area contributed by atoms with Crippen molar-refractivity contribution in [1.82, 2.24) is 10.1 Å². The maximum atomic E-state index is 9.01. The highest BCUT2D eigenvalue weighted by Crippen LogP contribution is 2.29. The van der Waals surface area contributed by atoms with E-state index in [1.165, 1.54) is 5.56 Å². The van der Waals surface area contributed by atoms with Crippen LogP contribution < -0.4 is 9.47 Å². The zero-order chi connectivity index (χ0) is 19.2. The second kappa shape index (κ2) is 8.37. The number of benzene rings is 2. The summed E-state index contributed by atoms with van der Waals surface area (Å²) < 4.78 is 16.6. The van der Waals surface area contributed by atoms with E-state index in [4.69, 9.17) is 19.3 Å². The third kappa shape index (κ3) is 4.45. The molecule has 0 bridgehead atoms. The third-order valence-corrected chi connectivity index (χ3v) is 4.03. The SMILES string of the molecule is CCOc1cc(C#N)ccc1OCc1nc(-c2ccc(C(C)C)cc2)no1. The van der Waals surface area contributed by atoms with E-state index in [9.17, 15) is 0 Å².